The summed E-state index contributed by atoms with van der Waals surface area (Å²) in [4.78, 5) is 23.9. The Labute approximate surface area is 147 Å². The summed E-state index contributed by atoms with van der Waals surface area (Å²) in [7, 11) is 0. The van der Waals surface area contributed by atoms with E-state index in [0.717, 1.165) is 16.6 Å². The molecule has 3 nitrogen and oxygen atoms in total. The smallest absolute Gasteiger partial charge is 0.220 e. The van der Waals surface area contributed by atoms with Crippen molar-refractivity contribution >= 4 is 27.6 Å². The van der Waals surface area contributed by atoms with Crippen LogP contribution in [0.4, 0.5) is 8.78 Å². The second kappa shape index (κ2) is 8.15. The van der Waals surface area contributed by atoms with Gasteiger partial charge in [0.2, 0.25) is 5.91 Å². The van der Waals surface area contributed by atoms with Gasteiger partial charge in [-0.15, -0.1) is 0 Å². The van der Waals surface area contributed by atoms with Gasteiger partial charge >= 0.3 is 0 Å². The van der Waals surface area contributed by atoms with Crippen molar-refractivity contribution in [2.24, 2.45) is 0 Å². The number of carbonyl (C=O) groups excluding carboxylic acids is 2. The lowest BCUT2D eigenvalue weighted by molar-refractivity contribution is -0.121. The molecular formula is C18H16BrF2NO2. The first-order valence-corrected chi connectivity index (χ1v) is 8.19. The second-order valence-electron chi connectivity index (χ2n) is 5.39. The van der Waals surface area contributed by atoms with Gasteiger partial charge in [0.25, 0.3) is 0 Å². The predicted octanol–water partition coefficient (Wildman–Crippen LogP) is 4.57. The average molecular weight is 396 g/mol. The van der Waals surface area contributed by atoms with Crippen LogP contribution in [-0.2, 0) is 4.79 Å². The van der Waals surface area contributed by atoms with Crippen LogP contribution in [0.15, 0.2) is 46.9 Å². The van der Waals surface area contributed by atoms with E-state index in [0.29, 0.717) is 5.56 Å². The lowest BCUT2D eigenvalue weighted by atomic mass is 10.1. The van der Waals surface area contributed by atoms with Gasteiger partial charge in [0.15, 0.2) is 5.78 Å². The fourth-order valence-corrected chi connectivity index (χ4v) is 2.52. The van der Waals surface area contributed by atoms with Gasteiger partial charge in [-0.3, -0.25) is 9.59 Å². The molecule has 2 aromatic rings. The lowest BCUT2D eigenvalue weighted by Gasteiger charge is -2.15. The van der Waals surface area contributed by atoms with Gasteiger partial charge in [0.1, 0.15) is 11.6 Å². The summed E-state index contributed by atoms with van der Waals surface area (Å²) < 4.78 is 27.4. The molecule has 0 heterocycles. The largest absolute Gasteiger partial charge is 0.349 e. The highest BCUT2D eigenvalue weighted by atomic mass is 79.9. The van der Waals surface area contributed by atoms with Crippen LogP contribution in [0.2, 0.25) is 0 Å². The molecule has 0 radical (unpaired) electrons. The Bertz CT molecular complexity index is 747. The molecule has 126 valence electrons. The Morgan fingerprint density at radius 1 is 1.08 bits per heavy atom. The summed E-state index contributed by atoms with van der Waals surface area (Å²) in [5.74, 6) is -1.89. The highest BCUT2D eigenvalue weighted by molar-refractivity contribution is 9.10. The number of hydrogen-bond acceptors (Lipinski definition) is 2. The SMILES string of the molecule is C[C@@H](NC(=O)CCC(=O)c1ccc(Br)cc1)c1ccc(F)cc1F. The molecule has 0 aliphatic heterocycles. The molecule has 0 bridgehead atoms. The Balaban J connectivity index is 1.88. The molecule has 1 amide bonds. The standard InChI is InChI=1S/C18H16BrF2NO2/c1-11(15-7-6-14(20)10-16(15)21)22-18(24)9-8-17(23)12-2-4-13(19)5-3-12/h2-7,10-11H,8-9H2,1H3,(H,22,24)/t11-/m1/s1. The van der Waals surface area contributed by atoms with Crippen molar-refractivity contribution in [3.63, 3.8) is 0 Å². The fraction of sp³-hybridized carbons (Fsp3) is 0.222. The van der Waals surface area contributed by atoms with Gasteiger partial charge in [0.05, 0.1) is 6.04 Å². The maximum Gasteiger partial charge on any atom is 0.220 e. The lowest BCUT2D eigenvalue weighted by Crippen LogP contribution is -2.27. The monoisotopic (exact) mass is 395 g/mol. The van der Waals surface area contributed by atoms with E-state index in [1.165, 1.54) is 6.07 Å². The number of hydrogen-bond donors (Lipinski definition) is 1. The van der Waals surface area contributed by atoms with Crippen LogP contribution < -0.4 is 5.32 Å². The fourth-order valence-electron chi connectivity index (χ4n) is 2.25. The maximum absolute atomic E-state index is 13.7. The van der Waals surface area contributed by atoms with E-state index < -0.39 is 17.7 Å². The first-order valence-electron chi connectivity index (χ1n) is 7.40. The van der Waals surface area contributed by atoms with E-state index in [-0.39, 0.29) is 30.1 Å². The number of ketones is 1. The summed E-state index contributed by atoms with van der Waals surface area (Å²) >= 11 is 3.29. The van der Waals surface area contributed by atoms with Crippen molar-refractivity contribution in [3.8, 4) is 0 Å². The Morgan fingerprint density at radius 2 is 1.75 bits per heavy atom. The molecule has 2 rings (SSSR count). The molecule has 0 aliphatic carbocycles. The Hall–Kier alpha value is -2.08. The van der Waals surface area contributed by atoms with Gasteiger partial charge in [-0.1, -0.05) is 34.1 Å². The topological polar surface area (TPSA) is 46.2 Å². The highest BCUT2D eigenvalue weighted by Crippen LogP contribution is 2.18. The summed E-state index contributed by atoms with van der Waals surface area (Å²) in [6.45, 7) is 1.60. The van der Waals surface area contributed by atoms with Gasteiger partial charge in [-0.25, -0.2) is 8.78 Å². The van der Waals surface area contributed by atoms with Crippen molar-refractivity contribution in [1.82, 2.24) is 5.32 Å². The molecule has 2 aromatic carbocycles. The number of amides is 1. The maximum atomic E-state index is 13.7. The number of rotatable bonds is 6. The zero-order valence-electron chi connectivity index (χ0n) is 13.0. The first-order chi connectivity index (χ1) is 11.4. The molecule has 0 aliphatic rings. The normalized spacial score (nSPS) is 11.8. The van der Waals surface area contributed by atoms with Crippen molar-refractivity contribution in [2.45, 2.75) is 25.8 Å². The zero-order valence-corrected chi connectivity index (χ0v) is 14.6. The van der Waals surface area contributed by atoms with Gasteiger partial charge < -0.3 is 5.32 Å². The summed E-state index contributed by atoms with van der Waals surface area (Å²) in [6, 6.07) is 9.47. The predicted molar refractivity (Wildman–Crippen MR) is 90.6 cm³/mol. The highest BCUT2D eigenvalue weighted by Gasteiger charge is 2.15. The van der Waals surface area contributed by atoms with Gasteiger partial charge in [0, 0.05) is 34.5 Å². The van der Waals surface area contributed by atoms with Gasteiger partial charge in [-0.2, -0.15) is 0 Å². The van der Waals surface area contributed by atoms with Crippen molar-refractivity contribution in [2.75, 3.05) is 0 Å². The molecule has 0 spiro atoms. The van der Waals surface area contributed by atoms with E-state index >= 15 is 0 Å². The van der Waals surface area contributed by atoms with Gasteiger partial charge in [-0.05, 0) is 25.1 Å². The van der Waals surface area contributed by atoms with E-state index in [2.05, 4.69) is 21.2 Å². The third kappa shape index (κ3) is 4.96. The molecule has 6 heteroatoms. The van der Waals surface area contributed by atoms with E-state index in [4.69, 9.17) is 0 Å². The molecule has 0 saturated carbocycles. The molecule has 1 atom stereocenters. The van der Waals surface area contributed by atoms with Crippen LogP contribution in [-0.4, -0.2) is 11.7 Å². The number of carbonyl (C=O) groups is 2. The Morgan fingerprint density at radius 3 is 2.38 bits per heavy atom. The van der Waals surface area contributed by atoms with Crippen LogP contribution >= 0.6 is 15.9 Å². The van der Waals surface area contributed by atoms with Crippen LogP contribution in [0.5, 0.6) is 0 Å². The quantitative estimate of drug-likeness (QED) is 0.728. The van der Waals surface area contributed by atoms with E-state index in [1.807, 2.05) is 0 Å². The first kappa shape index (κ1) is 18.3. The van der Waals surface area contributed by atoms with Crippen molar-refractivity contribution in [3.05, 3.63) is 69.7 Å². The van der Waals surface area contributed by atoms with E-state index in [1.54, 1.807) is 31.2 Å². The molecule has 1 N–H and O–H groups in total. The average Bonchev–Trinajstić information content (AvgIpc) is 2.53. The third-order valence-electron chi connectivity index (χ3n) is 3.55. The molecule has 0 saturated heterocycles. The summed E-state index contributed by atoms with van der Waals surface area (Å²) in [5, 5.41) is 2.61. The third-order valence-corrected chi connectivity index (χ3v) is 4.08. The van der Waals surface area contributed by atoms with Crippen LogP contribution in [0.3, 0.4) is 0 Å². The van der Waals surface area contributed by atoms with Crippen LogP contribution in [0, 0.1) is 11.6 Å². The molecular weight excluding hydrogens is 380 g/mol. The zero-order chi connectivity index (χ0) is 17.7. The molecule has 0 unspecified atom stereocenters. The molecule has 24 heavy (non-hydrogen) atoms. The minimum absolute atomic E-state index is 0.00203. The van der Waals surface area contributed by atoms with Crippen LogP contribution in [0.25, 0.3) is 0 Å². The number of nitrogens with one attached hydrogen (secondary N) is 1. The molecule has 0 fully saturated rings. The summed E-state index contributed by atoms with van der Waals surface area (Å²) in [5.41, 5.74) is 0.729. The minimum atomic E-state index is -0.714. The number of benzene rings is 2. The van der Waals surface area contributed by atoms with Crippen LogP contribution in [0.1, 0.15) is 41.7 Å². The Kier molecular flexibility index (Phi) is 6.20. The minimum Gasteiger partial charge on any atom is -0.349 e. The van der Waals surface area contributed by atoms with Crippen molar-refractivity contribution in [1.29, 1.82) is 0 Å². The summed E-state index contributed by atoms with van der Waals surface area (Å²) in [6.07, 6.45) is 0.0636. The second-order valence-corrected chi connectivity index (χ2v) is 6.30. The van der Waals surface area contributed by atoms with Crippen molar-refractivity contribution < 1.29 is 18.4 Å². The number of halogens is 3. The molecule has 0 aromatic heterocycles. The van der Waals surface area contributed by atoms with E-state index in [9.17, 15) is 18.4 Å². The number of Topliss-reactive ketones (excluding diaryl/α,β-unsaturated/α-hetero) is 1.